The first-order chi connectivity index (χ1) is 11.9. The summed E-state index contributed by atoms with van der Waals surface area (Å²) in [7, 11) is -3.32. The molecule has 8 heteroatoms. The summed E-state index contributed by atoms with van der Waals surface area (Å²) in [6, 6.07) is 11.0. The predicted octanol–water partition coefficient (Wildman–Crippen LogP) is 2.85. The monoisotopic (exact) mass is 353 g/mol. The first kappa shape index (κ1) is 15.5. The molecule has 0 saturated heterocycles. The molecule has 25 heavy (non-hydrogen) atoms. The van der Waals surface area contributed by atoms with Gasteiger partial charge in [0.15, 0.2) is 5.65 Å². The van der Waals surface area contributed by atoms with Crippen LogP contribution in [0.4, 0.5) is 5.69 Å². The van der Waals surface area contributed by atoms with Gasteiger partial charge < -0.3 is 0 Å². The van der Waals surface area contributed by atoms with Crippen LogP contribution in [-0.2, 0) is 10.0 Å². The zero-order valence-electron chi connectivity index (χ0n) is 13.6. The van der Waals surface area contributed by atoms with Gasteiger partial charge in [-0.05, 0) is 48.9 Å². The second-order valence-electron chi connectivity index (χ2n) is 5.90. The second kappa shape index (κ2) is 5.52. The summed E-state index contributed by atoms with van der Waals surface area (Å²) in [5.41, 5.74) is 4.51. The molecule has 0 aliphatic heterocycles. The lowest BCUT2D eigenvalue weighted by Gasteiger charge is -2.09. The van der Waals surface area contributed by atoms with Crippen LogP contribution in [0.2, 0.25) is 0 Å². The van der Waals surface area contributed by atoms with Crippen molar-refractivity contribution >= 4 is 37.6 Å². The summed E-state index contributed by atoms with van der Waals surface area (Å²) in [5, 5.41) is 9.00. The number of aromatic nitrogens is 4. The Morgan fingerprint density at radius 1 is 1.12 bits per heavy atom. The molecule has 3 aromatic heterocycles. The van der Waals surface area contributed by atoms with E-state index in [0.29, 0.717) is 11.3 Å². The number of nitrogens with zero attached hydrogens (tertiary/aromatic N) is 3. The van der Waals surface area contributed by atoms with Crippen LogP contribution in [0.5, 0.6) is 0 Å². The van der Waals surface area contributed by atoms with Gasteiger partial charge >= 0.3 is 0 Å². The highest BCUT2D eigenvalue weighted by Gasteiger charge is 2.12. The standard InChI is InChI=1S/C17H15N5O2S/c1-10-8-15(16-12-4-3-7-18-17(12)21-20-16)19-14-6-5-11(9-13(10)14)22-25(2,23)24/h3-9,22H,1-2H3,(H,18,20,21). The number of rotatable bonds is 3. The van der Waals surface area contributed by atoms with Gasteiger partial charge in [0, 0.05) is 22.7 Å². The molecule has 0 atom stereocenters. The highest BCUT2D eigenvalue weighted by molar-refractivity contribution is 7.92. The molecule has 7 nitrogen and oxygen atoms in total. The molecule has 0 radical (unpaired) electrons. The Kier molecular flexibility index (Phi) is 3.43. The number of aromatic amines is 1. The van der Waals surface area contributed by atoms with Crippen LogP contribution in [0.25, 0.3) is 33.3 Å². The molecule has 126 valence electrons. The summed E-state index contributed by atoms with van der Waals surface area (Å²) < 4.78 is 25.3. The van der Waals surface area contributed by atoms with Crippen LogP contribution < -0.4 is 4.72 Å². The summed E-state index contributed by atoms with van der Waals surface area (Å²) in [6.45, 7) is 1.97. The van der Waals surface area contributed by atoms with Crippen molar-refractivity contribution in [3.05, 3.63) is 48.2 Å². The van der Waals surface area contributed by atoms with E-state index in [1.807, 2.05) is 25.1 Å². The fourth-order valence-corrected chi connectivity index (χ4v) is 3.40. The molecule has 1 aromatic carbocycles. The predicted molar refractivity (Wildman–Crippen MR) is 97.8 cm³/mol. The fraction of sp³-hybridized carbons (Fsp3) is 0.118. The SMILES string of the molecule is Cc1cc(-c2[nH]nc3ncccc23)nc2ccc(NS(C)(=O)=O)cc12. The van der Waals surface area contributed by atoms with Gasteiger partial charge in [0.25, 0.3) is 0 Å². The number of hydrogen-bond acceptors (Lipinski definition) is 5. The van der Waals surface area contributed by atoms with E-state index in [9.17, 15) is 8.42 Å². The highest BCUT2D eigenvalue weighted by Crippen LogP contribution is 2.29. The number of pyridine rings is 2. The molecular formula is C17H15N5O2S. The number of benzene rings is 1. The minimum Gasteiger partial charge on any atom is -0.284 e. The van der Waals surface area contributed by atoms with Crippen LogP contribution in [0.1, 0.15) is 5.56 Å². The lowest BCUT2D eigenvalue weighted by atomic mass is 10.1. The van der Waals surface area contributed by atoms with Crippen molar-refractivity contribution in [3.63, 3.8) is 0 Å². The average molecular weight is 353 g/mol. The minimum atomic E-state index is -3.32. The Labute approximate surface area is 144 Å². The number of H-pyrrole nitrogens is 1. The van der Waals surface area contributed by atoms with E-state index in [4.69, 9.17) is 0 Å². The Hall–Kier alpha value is -3.00. The quantitative estimate of drug-likeness (QED) is 0.590. The Bertz CT molecular complexity index is 1210. The summed E-state index contributed by atoms with van der Waals surface area (Å²) in [5.74, 6) is 0. The number of aryl methyl sites for hydroxylation is 1. The Balaban J connectivity index is 1.86. The van der Waals surface area contributed by atoms with Gasteiger partial charge in [-0.25, -0.2) is 18.4 Å². The molecular weight excluding hydrogens is 338 g/mol. The topological polar surface area (TPSA) is 101 Å². The molecule has 0 fully saturated rings. The molecule has 4 aromatic rings. The number of fused-ring (bicyclic) bond motifs is 2. The van der Waals surface area contributed by atoms with Gasteiger partial charge in [-0.2, -0.15) is 5.10 Å². The van der Waals surface area contributed by atoms with Crippen molar-refractivity contribution in [1.82, 2.24) is 20.2 Å². The van der Waals surface area contributed by atoms with E-state index in [-0.39, 0.29) is 0 Å². The van der Waals surface area contributed by atoms with E-state index in [1.54, 1.807) is 24.4 Å². The molecule has 0 amide bonds. The van der Waals surface area contributed by atoms with E-state index in [2.05, 4.69) is 24.9 Å². The lowest BCUT2D eigenvalue weighted by molar-refractivity contribution is 0.607. The maximum Gasteiger partial charge on any atom is 0.229 e. The average Bonchev–Trinajstić information content (AvgIpc) is 2.98. The van der Waals surface area contributed by atoms with Crippen LogP contribution in [0.3, 0.4) is 0 Å². The van der Waals surface area contributed by atoms with Crippen molar-refractivity contribution in [2.45, 2.75) is 6.92 Å². The van der Waals surface area contributed by atoms with Crippen molar-refractivity contribution < 1.29 is 8.42 Å². The second-order valence-corrected chi connectivity index (χ2v) is 7.65. The third-order valence-electron chi connectivity index (χ3n) is 3.90. The van der Waals surface area contributed by atoms with Crippen LogP contribution >= 0.6 is 0 Å². The molecule has 3 heterocycles. The lowest BCUT2D eigenvalue weighted by Crippen LogP contribution is -2.09. The fourth-order valence-electron chi connectivity index (χ4n) is 2.85. The zero-order valence-corrected chi connectivity index (χ0v) is 14.4. The van der Waals surface area contributed by atoms with E-state index >= 15 is 0 Å². The first-order valence-corrected chi connectivity index (χ1v) is 9.48. The Morgan fingerprint density at radius 2 is 1.96 bits per heavy atom. The minimum absolute atomic E-state index is 0.517. The van der Waals surface area contributed by atoms with Crippen LogP contribution in [0.15, 0.2) is 42.6 Å². The van der Waals surface area contributed by atoms with Gasteiger partial charge in [-0.1, -0.05) is 0 Å². The maximum absolute atomic E-state index is 11.4. The molecule has 0 aliphatic rings. The normalized spacial score (nSPS) is 11.9. The molecule has 0 aliphatic carbocycles. The van der Waals surface area contributed by atoms with E-state index in [0.717, 1.165) is 39.5 Å². The van der Waals surface area contributed by atoms with Crippen LogP contribution in [0, 0.1) is 6.92 Å². The third kappa shape index (κ3) is 2.91. The van der Waals surface area contributed by atoms with Crippen molar-refractivity contribution in [3.8, 4) is 11.4 Å². The van der Waals surface area contributed by atoms with Crippen molar-refractivity contribution in [2.75, 3.05) is 11.0 Å². The smallest absolute Gasteiger partial charge is 0.229 e. The molecule has 0 saturated carbocycles. The van der Waals surface area contributed by atoms with Gasteiger partial charge in [0.1, 0.15) is 0 Å². The van der Waals surface area contributed by atoms with Gasteiger partial charge in [-0.3, -0.25) is 9.82 Å². The summed E-state index contributed by atoms with van der Waals surface area (Å²) in [6.07, 6.45) is 2.82. The largest absolute Gasteiger partial charge is 0.284 e. The highest BCUT2D eigenvalue weighted by atomic mass is 32.2. The number of anilines is 1. The molecule has 0 spiro atoms. The van der Waals surface area contributed by atoms with Crippen molar-refractivity contribution in [1.29, 1.82) is 0 Å². The zero-order chi connectivity index (χ0) is 17.6. The van der Waals surface area contributed by atoms with Gasteiger partial charge in [0.05, 0.1) is 23.2 Å². The molecule has 4 rings (SSSR count). The Morgan fingerprint density at radius 3 is 2.76 bits per heavy atom. The van der Waals surface area contributed by atoms with Gasteiger partial charge in [-0.15, -0.1) is 0 Å². The number of sulfonamides is 1. The first-order valence-electron chi connectivity index (χ1n) is 7.59. The summed E-state index contributed by atoms with van der Waals surface area (Å²) in [4.78, 5) is 8.91. The number of nitrogens with one attached hydrogen (secondary N) is 2. The van der Waals surface area contributed by atoms with Crippen molar-refractivity contribution in [2.24, 2.45) is 0 Å². The molecule has 0 bridgehead atoms. The molecule has 0 unspecified atom stereocenters. The maximum atomic E-state index is 11.4. The molecule has 2 N–H and O–H groups in total. The summed E-state index contributed by atoms with van der Waals surface area (Å²) >= 11 is 0. The van der Waals surface area contributed by atoms with E-state index < -0.39 is 10.0 Å². The third-order valence-corrected chi connectivity index (χ3v) is 4.51. The van der Waals surface area contributed by atoms with Crippen LogP contribution in [-0.4, -0.2) is 34.8 Å². The van der Waals surface area contributed by atoms with E-state index in [1.165, 1.54) is 0 Å². The number of hydrogen-bond donors (Lipinski definition) is 2. The van der Waals surface area contributed by atoms with Gasteiger partial charge in [0.2, 0.25) is 10.0 Å².